The van der Waals surface area contributed by atoms with Crippen LogP contribution in [0.25, 0.3) is 87.6 Å². The molecule has 49 heavy (non-hydrogen) atoms. The summed E-state index contributed by atoms with van der Waals surface area (Å²) in [4.78, 5) is 0. The predicted octanol–water partition coefficient (Wildman–Crippen LogP) is 14.1. The Bertz CT molecular complexity index is 2670. The second kappa shape index (κ2) is 10.5. The van der Waals surface area contributed by atoms with Gasteiger partial charge in [0.1, 0.15) is 11.2 Å². The maximum Gasteiger partial charge on any atom is 0.143 e. The van der Waals surface area contributed by atoms with E-state index < -0.39 is 0 Å². The number of fused-ring (bicyclic) bond motifs is 3. The molecule has 0 amide bonds. The van der Waals surface area contributed by atoms with E-state index in [2.05, 4.69) is 163 Å². The van der Waals surface area contributed by atoms with Crippen LogP contribution in [0.3, 0.4) is 0 Å². The van der Waals surface area contributed by atoms with E-state index in [1.807, 2.05) is 12.1 Å². The second-order valence-electron chi connectivity index (χ2n) is 15.8. The number of para-hydroxylation sites is 2. The van der Waals surface area contributed by atoms with Crippen molar-refractivity contribution in [3.63, 3.8) is 0 Å². The van der Waals surface area contributed by atoms with Crippen LogP contribution in [-0.4, -0.2) is 0 Å². The summed E-state index contributed by atoms with van der Waals surface area (Å²) < 4.78 is 6.40. The van der Waals surface area contributed by atoms with Gasteiger partial charge in [-0.2, -0.15) is 0 Å². The molecular weight excluding hydrogens is 593 g/mol. The molecule has 0 saturated carbocycles. The first-order valence-corrected chi connectivity index (χ1v) is 17.4. The van der Waals surface area contributed by atoms with E-state index in [1.165, 1.54) is 65.7 Å². The molecule has 238 valence electrons. The maximum atomic E-state index is 6.40. The monoisotopic (exact) mass is 632 g/mol. The Morgan fingerprint density at radius 3 is 1.51 bits per heavy atom. The Labute approximate surface area is 288 Å². The third-order valence-electron chi connectivity index (χ3n) is 10.6. The minimum atomic E-state index is 0.0734. The average molecular weight is 633 g/mol. The summed E-state index contributed by atoms with van der Waals surface area (Å²) in [5, 5.41) is 10.2. The molecule has 0 atom stereocenters. The third kappa shape index (κ3) is 4.75. The highest BCUT2D eigenvalue weighted by atomic mass is 16.3. The Morgan fingerprint density at radius 2 is 0.918 bits per heavy atom. The molecule has 0 unspecified atom stereocenters. The van der Waals surface area contributed by atoms with Crippen molar-refractivity contribution in [2.75, 3.05) is 0 Å². The lowest BCUT2D eigenvalue weighted by molar-refractivity contribution is 0.590. The van der Waals surface area contributed by atoms with Crippen LogP contribution in [0.5, 0.6) is 0 Å². The molecule has 0 saturated heterocycles. The molecule has 9 rings (SSSR count). The third-order valence-corrected chi connectivity index (χ3v) is 10.6. The van der Waals surface area contributed by atoms with Crippen molar-refractivity contribution in [3.8, 4) is 33.4 Å². The van der Waals surface area contributed by atoms with Gasteiger partial charge in [0.2, 0.25) is 0 Å². The van der Waals surface area contributed by atoms with Crippen molar-refractivity contribution < 1.29 is 4.42 Å². The molecule has 0 fully saturated rings. The lowest BCUT2D eigenvalue weighted by atomic mass is 9.81. The first-order valence-electron chi connectivity index (χ1n) is 17.4. The number of hydrogen-bond donors (Lipinski definition) is 0. The van der Waals surface area contributed by atoms with Gasteiger partial charge in [-0.05, 0) is 94.2 Å². The zero-order valence-electron chi connectivity index (χ0n) is 29.1. The van der Waals surface area contributed by atoms with Gasteiger partial charge in [0.25, 0.3) is 0 Å². The van der Waals surface area contributed by atoms with Crippen LogP contribution in [0.2, 0.25) is 0 Å². The molecule has 1 heterocycles. The molecule has 0 bridgehead atoms. The average Bonchev–Trinajstić information content (AvgIpc) is 3.49. The fourth-order valence-electron chi connectivity index (χ4n) is 7.78. The number of benzene rings is 8. The van der Waals surface area contributed by atoms with E-state index in [-0.39, 0.29) is 10.8 Å². The minimum absolute atomic E-state index is 0.0734. The molecule has 0 N–H and O–H groups in total. The largest absolute Gasteiger partial charge is 0.455 e. The van der Waals surface area contributed by atoms with Crippen molar-refractivity contribution in [1.29, 1.82) is 0 Å². The van der Waals surface area contributed by atoms with Gasteiger partial charge in [0, 0.05) is 16.3 Å². The van der Waals surface area contributed by atoms with E-state index in [1.54, 1.807) is 0 Å². The van der Waals surface area contributed by atoms with E-state index in [4.69, 9.17) is 4.42 Å². The van der Waals surface area contributed by atoms with E-state index in [0.717, 1.165) is 33.1 Å². The first-order chi connectivity index (χ1) is 23.5. The van der Waals surface area contributed by atoms with Gasteiger partial charge in [0.05, 0.1) is 0 Å². The fraction of sp³-hybridized carbons (Fsp3) is 0.167. The summed E-state index contributed by atoms with van der Waals surface area (Å²) in [6, 6.07) is 49.6. The van der Waals surface area contributed by atoms with Crippen LogP contribution in [0.4, 0.5) is 0 Å². The number of furan rings is 1. The fourth-order valence-corrected chi connectivity index (χ4v) is 7.78. The van der Waals surface area contributed by atoms with Crippen LogP contribution >= 0.6 is 0 Å². The second-order valence-corrected chi connectivity index (χ2v) is 15.8. The highest BCUT2D eigenvalue weighted by Crippen LogP contribution is 2.46. The van der Waals surface area contributed by atoms with Crippen molar-refractivity contribution in [2.45, 2.75) is 52.4 Å². The Balaban J connectivity index is 1.26. The summed E-state index contributed by atoms with van der Waals surface area (Å²) >= 11 is 0. The van der Waals surface area contributed by atoms with Crippen molar-refractivity contribution in [1.82, 2.24) is 0 Å². The summed E-state index contributed by atoms with van der Waals surface area (Å²) in [5.41, 5.74) is 12.0. The highest BCUT2D eigenvalue weighted by molar-refractivity contribution is 6.28. The Hall–Kier alpha value is -5.40. The summed E-state index contributed by atoms with van der Waals surface area (Å²) in [7, 11) is 0. The zero-order chi connectivity index (χ0) is 33.7. The SMILES string of the molecule is CC(C)(C)c1ccc(-c2cc(-c3ccc(-c4cccc5c4oc4ccccc45)cc3)c3ccc4cc(C(C)(C)C)cc5ccc2c3c45)cc1. The van der Waals surface area contributed by atoms with Crippen LogP contribution in [0, 0.1) is 0 Å². The smallest absolute Gasteiger partial charge is 0.143 e. The molecule has 1 nitrogen and oxygen atoms in total. The quantitative estimate of drug-likeness (QED) is 0.177. The maximum absolute atomic E-state index is 6.40. The minimum Gasteiger partial charge on any atom is -0.455 e. The normalized spacial score (nSPS) is 12.7. The molecule has 0 aliphatic carbocycles. The van der Waals surface area contributed by atoms with Gasteiger partial charge < -0.3 is 4.42 Å². The van der Waals surface area contributed by atoms with Gasteiger partial charge >= 0.3 is 0 Å². The van der Waals surface area contributed by atoms with Gasteiger partial charge in [-0.25, -0.2) is 0 Å². The van der Waals surface area contributed by atoms with Crippen molar-refractivity contribution in [2.24, 2.45) is 0 Å². The van der Waals surface area contributed by atoms with Gasteiger partial charge in [-0.1, -0.05) is 163 Å². The predicted molar refractivity (Wildman–Crippen MR) is 211 cm³/mol. The molecule has 8 aromatic carbocycles. The lowest BCUT2D eigenvalue weighted by Gasteiger charge is -2.23. The summed E-state index contributed by atoms with van der Waals surface area (Å²) in [6.45, 7) is 13.7. The Kier molecular flexibility index (Phi) is 6.40. The highest BCUT2D eigenvalue weighted by Gasteiger charge is 2.21. The van der Waals surface area contributed by atoms with Crippen LogP contribution in [-0.2, 0) is 10.8 Å². The molecule has 9 aromatic rings. The molecule has 1 aromatic heterocycles. The van der Waals surface area contributed by atoms with Crippen LogP contribution < -0.4 is 0 Å². The topological polar surface area (TPSA) is 13.1 Å². The van der Waals surface area contributed by atoms with Gasteiger partial charge in [-0.15, -0.1) is 0 Å². The molecule has 0 spiro atoms. The Morgan fingerprint density at radius 1 is 0.388 bits per heavy atom. The molecule has 0 radical (unpaired) electrons. The van der Waals surface area contributed by atoms with E-state index in [9.17, 15) is 0 Å². The standard InChI is InChI=1S/C48H40O/c1-47(2,3)34-22-18-31(19-23-34)42-28-41(38-24-20-32-26-35(48(4,5)6)27-33-21-25-39(42)45(38)44(32)33)30-16-14-29(15-17-30)36-11-9-12-40-37-10-7-8-13-43(37)49-46(36)40/h7-28H,1-6H3. The lowest BCUT2D eigenvalue weighted by Crippen LogP contribution is -2.10. The van der Waals surface area contributed by atoms with Crippen molar-refractivity contribution >= 4 is 54.3 Å². The number of rotatable bonds is 3. The summed E-state index contributed by atoms with van der Waals surface area (Å²) in [5.74, 6) is 0. The van der Waals surface area contributed by atoms with E-state index >= 15 is 0 Å². The molecule has 0 aliphatic heterocycles. The van der Waals surface area contributed by atoms with Crippen LogP contribution in [0.15, 0.2) is 138 Å². The van der Waals surface area contributed by atoms with Crippen LogP contribution in [0.1, 0.15) is 52.7 Å². The van der Waals surface area contributed by atoms with E-state index in [0.29, 0.717) is 0 Å². The first kappa shape index (κ1) is 29.7. The summed E-state index contributed by atoms with van der Waals surface area (Å²) in [6.07, 6.45) is 0. The zero-order valence-corrected chi connectivity index (χ0v) is 29.1. The number of hydrogen-bond acceptors (Lipinski definition) is 1. The molecule has 1 heteroatoms. The molecular formula is C48H40O. The van der Waals surface area contributed by atoms with Gasteiger partial charge in [0.15, 0.2) is 0 Å². The molecule has 0 aliphatic rings. The van der Waals surface area contributed by atoms with Crippen molar-refractivity contribution in [3.05, 3.63) is 145 Å². The van der Waals surface area contributed by atoms with Gasteiger partial charge in [-0.3, -0.25) is 0 Å².